The normalized spacial score (nSPS) is 29.1. The molecule has 0 aliphatic heterocycles. The predicted octanol–water partition coefficient (Wildman–Crippen LogP) is 2.61. The van der Waals surface area contributed by atoms with Crippen LogP contribution in [0.1, 0.15) is 18.9 Å². The van der Waals surface area contributed by atoms with Crippen molar-refractivity contribution in [2.24, 2.45) is 11.3 Å². The molecule has 2 rings (SSSR count). The van der Waals surface area contributed by atoms with Crippen molar-refractivity contribution < 1.29 is 4.39 Å². The van der Waals surface area contributed by atoms with Crippen molar-refractivity contribution >= 4 is 0 Å². The topological polar surface area (TPSA) is 12.0 Å². The zero-order valence-corrected chi connectivity index (χ0v) is 9.39. The second kappa shape index (κ2) is 3.93. The van der Waals surface area contributed by atoms with Gasteiger partial charge in [0.2, 0.25) is 0 Å². The second-order valence-corrected chi connectivity index (χ2v) is 4.92. The molecule has 0 amide bonds. The Morgan fingerprint density at radius 3 is 2.67 bits per heavy atom. The van der Waals surface area contributed by atoms with E-state index in [0.29, 0.717) is 5.41 Å². The zero-order chi connectivity index (χ0) is 10.9. The van der Waals surface area contributed by atoms with Gasteiger partial charge in [0.15, 0.2) is 0 Å². The van der Waals surface area contributed by atoms with Crippen LogP contribution in [0.25, 0.3) is 0 Å². The maximum atomic E-state index is 12.7. The van der Waals surface area contributed by atoms with Gasteiger partial charge in [-0.1, -0.05) is 19.1 Å². The number of hydrogen-bond acceptors (Lipinski definition) is 1. The third-order valence-corrected chi connectivity index (χ3v) is 3.51. The molecule has 0 aromatic heterocycles. The lowest BCUT2D eigenvalue weighted by atomic mass is 9.96. The van der Waals surface area contributed by atoms with Gasteiger partial charge in [0.05, 0.1) is 0 Å². The summed E-state index contributed by atoms with van der Waals surface area (Å²) in [5.74, 6) is 0.638. The zero-order valence-electron chi connectivity index (χ0n) is 9.39. The smallest absolute Gasteiger partial charge is 0.123 e. The van der Waals surface area contributed by atoms with Crippen molar-refractivity contribution in [2.45, 2.75) is 19.8 Å². The summed E-state index contributed by atoms with van der Waals surface area (Å²) >= 11 is 0. The third-order valence-electron chi connectivity index (χ3n) is 3.51. The molecule has 82 valence electrons. The minimum atomic E-state index is -0.147. The SMILES string of the molecule is CNCC1CC1(C)Cc1ccc(F)cc1. The van der Waals surface area contributed by atoms with Crippen LogP contribution >= 0.6 is 0 Å². The van der Waals surface area contributed by atoms with E-state index in [0.717, 1.165) is 18.9 Å². The van der Waals surface area contributed by atoms with E-state index >= 15 is 0 Å². The van der Waals surface area contributed by atoms with E-state index in [2.05, 4.69) is 12.2 Å². The van der Waals surface area contributed by atoms with Crippen molar-refractivity contribution in [3.8, 4) is 0 Å². The molecule has 2 heteroatoms. The van der Waals surface area contributed by atoms with Crippen LogP contribution < -0.4 is 5.32 Å². The lowest BCUT2D eigenvalue weighted by Gasteiger charge is -2.11. The minimum absolute atomic E-state index is 0.147. The molecule has 0 saturated heterocycles. The van der Waals surface area contributed by atoms with Crippen LogP contribution in [0.5, 0.6) is 0 Å². The molecule has 0 spiro atoms. The average molecular weight is 207 g/mol. The van der Waals surface area contributed by atoms with Crippen LogP contribution in [0.3, 0.4) is 0 Å². The summed E-state index contributed by atoms with van der Waals surface area (Å²) in [4.78, 5) is 0. The number of hydrogen-bond donors (Lipinski definition) is 1. The quantitative estimate of drug-likeness (QED) is 0.800. The van der Waals surface area contributed by atoms with Gasteiger partial charge in [-0.25, -0.2) is 4.39 Å². The van der Waals surface area contributed by atoms with Gasteiger partial charge in [-0.15, -0.1) is 0 Å². The van der Waals surface area contributed by atoms with E-state index < -0.39 is 0 Å². The standard InChI is InChI=1S/C13H18FN/c1-13(8-11(13)9-15-2)7-10-3-5-12(14)6-4-10/h3-6,11,15H,7-9H2,1-2H3. The molecule has 1 aromatic carbocycles. The van der Waals surface area contributed by atoms with Crippen molar-refractivity contribution in [1.29, 1.82) is 0 Å². The Morgan fingerprint density at radius 1 is 1.40 bits per heavy atom. The Morgan fingerprint density at radius 2 is 2.07 bits per heavy atom. The monoisotopic (exact) mass is 207 g/mol. The molecular weight excluding hydrogens is 189 g/mol. The summed E-state index contributed by atoms with van der Waals surface area (Å²) in [6.07, 6.45) is 2.35. The van der Waals surface area contributed by atoms with Gasteiger partial charge in [-0.05, 0) is 55.5 Å². The van der Waals surface area contributed by atoms with Gasteiger partial charge in [-0.2, -0.15) is 0 Å². The van der Waals surface area contributed by atoms with Crippen LogP contribution in [0, 0.1) is 17.2 Å². The Balaban J connectivity index is 1.95. The molecule has 15 heavy (non-hydrogen) atoms. The predicted molar refractivity (Wildman–Crippen MR) is 60.2 cm³/mol. The van der Waals surface area contributed by atoms with Gasteiger partial charge < -0.3 is 5.32 Å². The average Bonchev–Trinajstić information content (AvgIpc) is 2.82. The fourth-order valence-corrected chi connectivity index (χ4v) is 2.35. The lowest BCUT2D eigenvalue weighted by Crippen LogP contribution is -2.14. The first-order valence-electron chi connectivity index (χ1n) is 5.53. The molecule has 1 aliphatic carbocycles. The maximum Gasteiger partial charge on any atom is 0.123 e. The van der Waals surface area contributed by atoms with Crippen LogP contribution in [-0.4, -0.2) is 13.6 Å². The van der Waals surface area contributed by atoms with E-state index in [4.69, 9.17) is 0 Å². The minimum Gasteiger partial charge on any atom is -0.319 e. The Labute approximate surface area is 90.7 Å². The van der Waals surface area contributed by atoms with E-state index in [1.54, 1.807) is 12.1 Å². The highest BCUT2D eigenvalue weighted by molar-refractivity contribution is 5.20. The molecule has 0 bridgehead atoms. The third kappa shape index (κ3) is 2.37. The molecule has 0 heterocycles. The summed E-state index contributed by atoms with van der Waals surface area (Å²) < 4.78 is 12.7. The lowest BCUT2D eigenvalue weighted by molar-refractivity contribution is 0.487. The van der Waals surface area contributed by atoms with Gasteiger partial charge in [0.25, 0.3) is 0 Å². The molecule has 1 aromatic rings. The van der Waals surface area contributed by atoms with E-state index in [-0.39, 0.29) is 5.82 Å². The largest absolute Gasteiger partial charge is 0.319 e. The highest BCUT2D eigenvalue weighted by Gasteiger charge is 2.48. The Hall–Kier alpha value is -0.890. The fraction of sp³-hybridized carbons (Fsp3) is 0.538. The molecule has 1 saturated carbocycles. The van der Waals surface area contributed by atoms with Gasteiger partial charge >= 0.3 is 0 Å². The highest BCUT2D eigenvalue weighted by atomic mass is 19.1. The van der Waals surface area contributed by atoms with Crippen molar-refractivity contribution in [3.05, 3.63) is 35.6 Å². The Bertz CT molecular complexity index is 333. The summed E-state index contributed by atoms with van der Waals surface area (Å²) in [5, 5.41) is 3.22. The number of rotatable bonds is 4. The first-order chi connectivity index (χ1) is 7.14. The van der Waals surface area contributed by atoms with E-state index in [1.807, 2.05) is 19.2 Å². The molecule has 1 nitrogen and oxygen atoms in total. The second-order valence-electron chi connectivity index (χ2n) is 4.92. The van der Waals surface area contributed by atoms with Crippen LogP contribution in [0.2, 0.25) is 0 Å². The maximum absolute atomic E-state index is 12.7. The summed E-state index contributed by atoms with van der Waals surface area (Å²) in [6.45, 7) is 3.41. The van der Waals surface area contributed by atoms with Crippen LogP contribution in [0.15, 0.2) is 24.3 Å². The number of halogens is 1. The van der Waals surface area contributed by atoms with Crippen molar-refractivity contribution in [1.82, 2.24) is 5.32 Å². The molecular formula is C13H18FN. The molecule has 2 unspecified atom stereocenters. The molecule has 1 fully saturated rings. The van der Waals surface area contributed by atoms with Crippen molar-refractivity contribution in [3.63, 3.8) is 0 Å². The summed E-state index contributed by atoms with van der Waals surface area (Å²) in [5.41, 5.74) is 1.68. The molecule has 1 N–H and O–H groups in total. The molecule has 0 radical (unpaired) electrons. The van der Waals surface area contributed by atoms with Gasteiger partial charge in [-0.3, -0.25) is 0 Å². The van der Waals surface area contributed by atoms with E-state index in [9.17, 15) is 4.39 Å². The number of benzene rings is 1. The first-order valence-corrected chi connectivity index (χ1v) is 5.53. The van der Waals surface area contributed by atoms with Crippen LogP contribution in [0.4, 0.5) is 4.39 Å². The summed E-state index contributed by atoms with van der Waals surface area (Å²) in [6, 6.07) is 6.90. The fourth-order valence-electron chi connectivity index (χ4n) is 2.35. The van der Waals surface area contributed by atoms with Crippen molar-refractivity contribution in [2.75, 3.05) is 13.6 Å². The van der Waals surface area contributed by atoms with Crippen LogP contribution in [-0.2, 0) is 6.42 Å². The molecule has 2 atom stereocenters. The highest BCUT2D eigenvalue weighted by Crippen LogP contribution is 2.53. The van der Waals surface area contributed by atoms with Gasteiger partial charge in [0, 0.05) is 0 Å². The molecule has 1 aliphatic rings. The van der Waals surface area contributed by atoms with Gasteiger partial charge in [0.1, 0.15) is 5.82 Å². The van der Waals surface area contributed by atoms with E-state index in [1.165, 1.54) is 12.0 Å². The Kier molecular flexibility index (Phi) is 2.79. The summed E-state index contributed by atoms with van der Waals surface area (Å²) in [7, 11) is 2.00. The number of nitrogens with one attached hydrogen (secondary N) is 1. The first kappa shape index (κ1) is 10.6.